The predicted molar refractivity (Wildman–Crippen MR) is 158 cm³/mol. The third-order valence-electron chi connectivity index (χ3n) is 6.74. The number of aliphatic imine (C=N–C) groups is 1. The van der Waals surface area contributed by atoms with Crippen molar-refractivity contribution in [2.45, 2.75) is 63.5 Å². The lowest BCUT2D eigenvalue weighted by atomic mass is 9.98. The minimum Gasteiger partial charge on any atom is -0.376 e. The second-order valence-electron chi connectivity index (χ2n) is 10.6. The van der Waals surface area contributed by atoms with E-state index in [4.69, 9.17) is 11.5 Å². The molecule has 1 saturated heterocycles. The summed E-state index contributed by atoms with van der Waals surface area (Å²) in [6.45, 7) is 2.95. The Morgan fingerprint density at radius 2 is 1.72 bits per heavy atom. The molecule has 0 saturated carbocycles. The quantitative estimate of drug-likeness (QED) is 0.0594. The molecule has 0 aliphatic carbocycles. The molecule has 5 atom stereocenters. The molecule has 4 amide bonds. The van der Waals surface area contributed by atoms with E-state index in [-0.39, 0.29) is 31.8 Å². The van der Waals surface area contributed by atoms with Crippen molar-refractivity contribution >= 4 is 39.7 Å². The summed E-state index contributed by atoms with van der Waals surface area (Å²) in [5, 5.41) is 21.0. The lowest BCUT2D eigenvalue weighted by Crippen LogP contribution is -2.61. The number of likely N-dealkylation sites (N-methyl/N-ethyl adjacent to an activating group) is 1. The van der Waals surface area contributed by atoms with E-state index in [1.807, 2.05) is 0 Å². The van der Waals surface area contributed by atoms with Crippen LogP contribution in [-0.2, 0) is 35.7 Å². The fraction of sp³-hybridized carbons (Fsp3) is 0.577. The van der Waals surface area contributed by atoms with Crippen molar-refractivity contribution in [2.24, 2.45) is 22.4 Å². The van der Waals surface area contributed by atoms with E-state index < -0.39 is 82.4 Å². The summed E-state index contributed by atoms with van der Waals surface area (Å²) in [5.74, 6) is -4.55. The number of hydrogen-bond acceptors (Lipinski definition) is 9. The van der Waals surface area contributed by atoms with Gasteiger partial charge in [-0.25, -0.2) is 0 Å². The molecule has 10 N–H and O–H groups in total. The summed E-state index contributed by atoms with van der Waals surface area (Å²) in [6.07, 6.45) is -1.45. The molecule has 240 valence electrons. The zero-order valence-corrected chi connectivity index (χ0v) is 25.2. The fourth-order valence-electron chi connectivity index (χ4n) is 4.71. The SMILES string of the molecule is CC(C)C1C(=O)NC(CCCN=C(N)N)C(=O)NCC(=O)NC(CS(=O)(=O)O)C(O)NC(Cc2ccccc2)C(=O)N1C. The monoisotopic (exact) mass is 626 g/mol. The lowest BCUT2D eigenvalue weighted by molar-refractivity contribution is -0.143. The molecule has 1 fully saturated rings. The van der Waals surface area contributed by atoms with Gasteiger partial charge in [-0.05, 0) is 30.7 Å². The van der Waals surface area contributed by atoms with E-state index in [0.717, 1.165) is 0 Å². The summed E-state index contributed by atoms with van der Waals surface area (Å²) in [7, 11) is -3.31. The molecule has 1 heterocycles. The Hall–Kier alpha value is -3.80. The molecule has 17 heteroatoms. The number of rotatable bonds is 9. The van der Waals surface area contributed by atoms with Gasteiger partial charge in [0.2, 0.25) is 23.6 Å². The number of carbonyl (C=O) groups excluding carboxylic acids is 4. The number of amides is 4. The van der Waals surface area contributed by atoms with Gasteiger partial charge in [0.05, 0.1) is 24.4 Å². The Morgan fingerprint density at radius 1 is 1.07 bits per heavy atom. The van der Waals surface area contributed by atoms with Crippen LogP contribution in [0, 0.1) is 5.92 Å². The maximum absolute atomic E-state index is 13.9. The molecule has 2 rings (SSSR count). The van der Waals surface area contributed by atoms with Crippen molar-refractivity contribution in [3.8, 4) is 0 Å². The van der Waals surface area contributed by atoms with Crippen LogP contribution in [0.3, 0.4) is 0 Å². The number of hydrogen-bond donors (Lipinski definition) is 8. The van der Waals surface area contributed by atoms with Crippen molar-refractivity contribution in [2.75, 3.05) is 25.9 Å². The largest absolute Gasteiger partial charge is 0.376 e. The summed E-state index contributed by atoms with van der Waals surface area (Å²) in [4.78, 5) is 58.2. The summed E-state index contributed by atoms with van der Waals surface area (Å²) in [5.41, 5.74) is 11.4. The lowest BCUT2D eigenvalue weighted by Gasteiger charge is -2.35. The number of guanidine groups is 1. The Morgan fingerprint density at radius 3 is 2.30 bits per heavy atom. The standard InChI is InChI=1S/C26H42N8O8S/c1-15(2)21-24(38)32-17(10-7-11-29-26(27)28)22(36)30-13-20(35)31-19(14-43(40,41)42)23(37)33-18(25(39)34(21)3)12-16-8-5-4-6-9-16/h4-6,8-9,15,17-19,21,23,33,37H,7,10-14H2,1-3H3,(H,30,36)(H,31,35)(H,32,38)(H4,27,28,29)(H,40,41,42). The number of nitrogens with one attached hydrogen (secondary N) is 4. The van der Waals surface area contributed by atoms with Crippen molar-refractivity contribution in [1.29, 1.82) is 0 Å². The van der Waals surface area contributed by atoms with Crippen molar-refractivity contribution < 1.29 is 37.3 Å². The summed E-state index contributed by atoms with van der Waals surface area (Å²) in [6, 6.07) is 3.74. The van der Waals surface area contributed by atoms with Crippen LogP contribution in [0.5, 0.6) is 0 Å². The van der Waals surface area contributed by atoms with Gasteiger partial charge in [0.25, 0.3) is 10.1 Å². The van der Waals surface area contributed by atoms with Crippen molar-refractivity contribution in [3.05, 3.63) is 35.9 Å². The van der Waals surface area contributed by atoms with Crippen LogP contribution in [0.2, 0.25) is 0 Å². The van der Waals surface area contributed by atoms with E-state index in [1.54, 1.807) is 44.2 Å². The number of nitrogens with two attached hydrogens (primary N) is 2. The first kappa shape index (κ1) is 35.4. The van der Waals surface area contributed by atoms with Gasteiger partial charge >= 0.3 is 0 Å². The number of carbonyl (C=O) groups is 4. The van der Waals surface area contributed by atoms with E-state index in [1.165, 1.54) is 11.9 Å². The van der Waals surface area contributed by atoms with Gasteiger partial charge in [0.15, 0.2) is 5.96 Å². The highest BCUT2D eigenvalue weighted by molar-refractivity contribution is 7.85. The van der Waals surface area contributed by atoms with Crippen molar-refractivity contribution in [3.63, 3.8) is 0 Å². The van der Waals surface area contributed by atoms with E-state index in [9.17, 15) is 37.3 Å². The van der Waals surface area contributed by atoms with Crippen LogP contribution >= 0.6 is 0 Å². The number of aliphatic hydroxyl groups is 1. The summed E-state index contributed by atoms with van der Waals surface area (Å²) < 4.78 is 32.9. The molecule has 43 heavy (non-hydrogen) atoms. The molecule has 1 aromatic rings. The number of aliphatic hydroxyl groups excluding tert-OH is 1. The minimum absolute atomic E-state index is 0.0213. The normalized spacial score (nSPS) is 24.8. The Bertz CT molecular complexity index is 1260. The molecule has 16 nitrogen and oxygen atoms in total. The van der Waals surface area contributed by atoms with Crippen LogP contribution in [0.25, 0.3) is 0 Å². The second kappa shape index (κ2) is 16.2. The van der Waals surface area contributed by atoms with Crippen LogP contribution in [-0.4, -0.2) is 109 Å². The molecule has 0 spiro atoms. The fourth-order valence-corrected chi connectivity index (χ4v) is 5.43. The van der Waals surface area contributed by atoms with E-state index in [2.05, 4.69) is 26.3 Å². The predicted octanol–water partition coefficient (Wildman–Crippen LogP) is -2.97. The number of benzene rings is 1. The van der Waals surface area contributed by atoms with Crippen LogP contribution in [0.15, 0.2) is 35.3 Å². The van der Waals surface area contributed by atoms with Crippen LogP contribution < -0.4 is 32.7 Å². The van der Waals surface area contributed by atoms with Gasteiger partial charge in [0.1, 0.15) is 18.3 Å². The molecule has 1 aliphatic rings. The third kappa shape index (κ3) is 11.8. The zero-order valence-electron chi connectivity index (χ0n) is 24.4. The highest BCUT2D eigenvalue weighted by atomic mass is 32.2. The van der Waals surface area contributed by atoms with Gasteiger partial charge in [-0.15, -0.1) is 0 Å². The van der Waals surface area contributed by atoms with Crippen LogP contribution in [0.1, 0.15) is 32.3 Å². The number of nitrogens with zero attached hydrogens (tertiary/aromatic N) is 2. The molecular formula is C26H42N8O8S. The average Bonchev–Trinajstić information content (AvgIpc) is 2.91. The Labute approximate surface area is 250 Å². The van der Waals surface area contributed by atoms with Crippen molar-refractivity contribution in [1.82, 2.24) is 26.2 Å². The highest BCUT2D eigenvalue weighted by Gasteiger charge is 2.37. The van der Waals surface area contributed by atoms with Gasteiger partial charge in [-0.1, -0.05) is 44.2 Å². The molecule has 0 radical (unpaired) electrons. The molecule has 1 aromatic carbocycles. The molecular weight excluding hydrogens is 584 g/mol. The zero-order chi connectivity index (χ0) is 32.3. The first-order chi connectivity index (χ1) is 20.1. The van der Waals surface area contributed by atoms with E-state index >= 15 is 0 Å². The molecule has 5 unspecified atom stereocenters. The molecule has 0 aromatic heterocycles. The minimum atomic E-state index is -4.71. The van der Waals surface area contributed by atoms with Gasteiger partial charge in [0, 0.05) is 13.6 Å². The third-order valence-corrected chi connectivity index (χ3v) is 7.52. The maximum Gasteiger partial charge on any atom is 0.267 e. The topological polar surface area (TPSA) is 259 Å². The van der Waals surface area contributed by atoms with Gasteiger partial charge in [-0.2, -0.15) is 8.42 Å². The smallest absolute Gasteiger partial charge is 0.267 e. The van der Waals surface area contributed by atoms with E-state index in [0.29, 0.717) is 5.56 Å². The maximum atomic E-state index is 13.9. The first-order valence-corrected chi connectivity index (χ1v) is 15.3. The van der Waals surface area contributed by atoms with Gasteiger partial charge in [-0.3, -0.25) is 34.0 Å². The van der Waals surface area contributed by atoms with Crippen LogP contribution in [0.4, 0.5) is 0 Å². The Kier molecular flexibility index (Phi) is 13.3. The molecule has 0 bridgehead atoms. The Balaban J connectivity index is 2.52. The molecule has 1 aliphatic heterocycles. The van der Waals surface area contributed by atoms with Gasteiger partial charge < -0.3 is 37.4 Å². The first-order valence-electron chi connectivity index (χ1n) is 13.7. The summed E-state index contributed by atoms with van der Waals surface area (Å²) >= 11 is 0. The second-order valence-corrected chi connectivity index (χ2v) is 12.1. The highest BCUT2D eigenvalue weighted by Crippen LogP contribution is 2.15. The average molecular weight is 627 g/mol.